The molecule has 1 aromatic rings. The van der Waals surface area contributed by atoms with Crippen LogP contribution in [0.1, 0.15) is 35.2 Å². The van der Waals surface area contributed by atoms with Crippen LogP contribution in [0.25, 0.3) is 0 Å². The first kappa shape index (κ1) is 16.3. The van der Waals surface area contributed by atoms with Crippen molar-refractivity contribution in [3.63, 3.8) is 0 Å². The van der Waals surface area contributed by atoms with Crippen molar-refractivity contribution in [1.82, 2.24) is 0 Å². The summed E-state index contributed by atoms with van der Waals surface area (Å²) in [5.41, 5.74) is 0.646. The van der Waals surface area contributed by atoms with E-state index >= 15 is 0 Å². The largest absolute Gasteiger partial charge is 0.459 e. The highest BCUT2D eigenvalue weighted by Crippen LogP contribution is 2.21. The van der Waals surface area contributed by atoms with Gasteiger partial charge in [-0.15, -0.1) is 0 Å². The van der Waals surface area contributed by atoms with E-state index in [0.717, 1.165) is 19.3 Å². The summed E-state index contributed by atoms with van der Waals surface area (Å²) in [5, 5.41) is 0. The van der Waals surface area contributed by atoms with E-state index in [4.69, 9.17) is 20.2 Å². The minimum atomic E-state index is -3.89. The van der Waals surface area contributed by atoms with Gasteiger partial charge in [-0.3, -0.25) is 0 Å². The second-order valence-electron chi connectivity index (χ2n) is 5.01. The van der Waals surface area contributed by atoms with E-state index in [1.54, 1.807) is 6.92 Å². The molecule has 1 saturated heterocycles. The molecule has 0 amide bonds. The quantitative estimate of drug-likeness (QED) is 0.626. The highest BCUT2D eigenvalue weighted by molar-refractivity contribution is 8.13. The molecule has 116 valence electrons. The maximum atomic E-state index is 12.0. The van der Waals surface area contributed by atoms with Gasteiger partial charge in [0.05, 0.1) is 16.6 Å². The minimum Gasteiger partial charge on any atom is -0.459 e. The third-order valence-electron chi connectivity index (χ3n) is 3.36. The molecule has 7 heteroatoms. The number of carbonyl (C=O) groups excluding carboxylic acids is 1. The second kappa shape index (κ2) is 6.77. The first-order valence-electron chi connectivity index (χ1n) is 6.72. The molecule has 5 nitrogen and oxygen atoms in total. The van der Waals surface area contributed by atoms with Crippen LogP contribution in [0.2, 0.25) is 0 Å². The van der Waals surface area contributed by atoms with Crippen LogP contribution in [0.15, 0.2) is 23.1 Å². The fraction of sp³-hybridized carbons (Fsp3) is 0.500. The van der Waals surface area contributed by atoms with Crippen LogP contribution < -0.4 is 0 Å². The second-order valence-corrected chi connectivity index (χ2v) is 7.54. The molecule has 0 bridgehead atoms. The van der Waals surface area contributed by atoms with Gasteiger partial charge in [-0.25, -0.2) is 13.2 Å². The zero-order valence-corrected chi connectivity index (χ0v) is 13.2. The van der Waals surface area contributed by atoms with Crippen LogP contribution >= 0.6 is 10.7 Å². The fourth-order valence-corrected chi connectivity index (χ4v) is 3.40. The Morgan fingerprint density at radius 3 is 2.81 bits per heavy atom. The Morgan fingerprint density at radius 1 is 1.43 bits per heavy atom. The molecule has 0 spiro atoms. The van der Waals surface area contributed by atoms with Crippen molar-refractivity contribution in [2.45, 2.75) is 37.2 Å². The summed E-state index contributed by atoms with van der Waals surface area (Å²) in [5.74, 6) is -0.578. The lowest BCUT2D eigenvalue weighted by Gasteiger charge is -2.22. The highest BCUT2D eigenvalue weighted by Gasteiger charge is 2.19. The first-order chi connectivity index (χ1) is 9.88. The van der Waals surface area contributed by atoms with Crippen LogP contribution in [0, 0.1) is 6.92 Å². The van der Waals surface area contributed by atoms with Crippen molar-refractivity contribution in [3.8, 4) is 0 Å². The number of rotatable bonds is 4. The van der Waals surface area contributed by atoms with Gasteiger partial charge in [-0.2, -0.15) is 0 Å². The van der Waals surface area contributed by atoms with Crippen LogP contribution in [-0.4, -0.2) is 33.7 Å². The van der Waals surface area contributed by atoms with Gasteiger partial charge in [0.15, 0.2) is 0 Å². The third kappa shape index (κ3) is 4.43. The number of ether oxygens (including phenoxy) is 2. The van der Waals surface area contributed by atoms with E-state index in [-0.39, 0.29) is 23.2 Å². The Kier molecular flexibility index (Phi) is 5.24. The van der Waals surface area contributed by atoms with E-state index in [9.17, 15) is 13.2 Å². The topological polar surface area (TPSA) is 69.7 Å². The zero-order valence-electron chi connectivity index (χ0n) is 11.7. The Bertz CT molecular complexity index is 620. The molecule has 0 aromatic heterocycles. The number of esters is 1. The van der Waals surface area contributed by atoms with E-state index < -0.39 is 15.0 Å². The average molecular weight is 333 g/mol. The minimum absolute atomic E-state index is 0.0764. The highest BCUT2D eigenvalue weighted by atomic mass is 35.7. The van der Waals surface area contributed by atoms with E-state index in [0.29, 0.717) is 12.2 Å². The van der Waals surface area contributed by atoms with Crippen LogP contribution in [0.4, 0.5) is 0 Å². The molecular weight excluding hydrogens is 316 g/mol. The lowest BCUT2D eigenvalue weighted by Crippen LogP contribution is -2.26. The Hall–Kier alpha value is -1.11. The standard InChI is InChI=1S/C14H17ClO5S/c1-10-5-6-11(8-13(10)21(15,17)18)14(16)20-9-12-4-2-3-7-19-12/h5-6,8,12H,2-4,7,9H2,1H3. The van der Waals surface area contributed by atoms with Gasteiger partial charge in [0.1, 0.15) is 6.61 Å². The molecule has 2 rings (SSSR count). The van der Waals surface area contributed by atoms with E-state index in [1.807, 2.05) is 0 Å². The Balaban J connectivity index is 2.05. The molecule has 1 heterocycles. The van der Waals surface area contributed by atoms with Gasteiger partial charge in [-0.05, 0) is 43.9 Å². The smallest absolute Gasteiger partial charge is 0.338 e. The third-order valence-corrected chi connectivity index (χ3v) is 4.82. The molecular formula is C14H17ClO5S. The molecule has 0 radical (unpaired) electrons. The summed E-state index contributed by atoms with van der Waals surface area (Å²) in [7, 11) is 1.45. The van der Waals surface area contributed by atoms with Crippen molar-refractivity contribution in [2.75, 3.05) is 13.2 Å². The molecule has 1 fully saturated rings. The number of hydrogen-bond acceptors (Lipinski definition) is 5. The number of aryl methyl sites for hydroxylation is 1. The lowest BCUT2D eigenvalue weighted by molar-refractivity contribution is -0.0300. The Labute approximate surface area is 128 Å². The van der Waals surface area contributed by atoms with Crippen LogP contribution in [0.3, 0.4) is 0 Å². The summed E-state index contributed by atoms with van der Waals surface area (Å²) in [6, 6.07) is 4.29. The molecule has 1 atom stereocenters. The maximum absolute atomic E-state index is 12.0. The molecule has 1 aliphatic rings. The van der Waals surface area contributed by atoms with Crippen molar-refractivity contribution < 1.29 is 22.7 Å². The van der Waals surface area contributed by atoms with Crippen molar-refractivity contribution in [1.29, 1.82) is 0 Å². The molecule has 1 aliphatic heterocycles. The average Bonchev–Trinajstić information content (AvgIpc) is 2.45. The van der Waals surface area contributed by atoms with Gasteiger partial charge in [-0.1, -0.05) is 6.07 Å². The maximum Gasteiger partial charge on any atom is 0.338 e. The van der Waals surface area contributed by atoms with Gasteiger partial charge < -0.3 is 9.47 Å². The normalized spacial score (nSPS) is 19.2. The lowest BCUT2D eigenvalue weighted by atomic mass is 10.1. The Morgan fingerprint density at radius 2 is 2.19 bits per heavy atom. The fourth-order valence-electron chi connectivity index (χ4n) is 2.18. The molecule has 0 saturated carbocycles. The molecule has 1 aromatic carbocycles. The molecule has 0 aliphatic carbocycles. The van der Waals surface area contributed by atoms with E-state index in [1.165, 1.54) is 18.2 Å². The molecule has 21 heavy (non-hydrogen) atoms. The predicted molar refractivity (Wildman–Crippen MR) is 78.1 cm³/mol. The summed E-state index contributed by atoms with van der Waals surface area (Å²) >= 11 is 0. The van der Waals surface area contributed by atoms with Gasteiger partial charge in [0.25, 0.3) is 9.05 Å². The van der Waals surface area contributed by atoms with Crippen molar-refractivity contribution >= 4 is 25.7 Å². The summed E-state index contributed by atoms with van der Waals surface area (Å²) in [6.45, 7) is 2.47. The summed E-state index contributed by atoms with van der Waals surface area (Å²) < 4.78 is 33.5. The number of carbonyl (C=O) groups is 1. The van der Waals surface area contributed by atoms with Crippen molar-refractivity contribution in [2.24, 2.45) is 0 Å². The summed E-state index contributed by atoms with van der Waals surface area (Å²) in [4.78, 5) is 11.9. The van der Waals surface area contributed by atoms with Crippen molar-refractivity contribution in [3.05, 3.63) is 29.3 Å². The van der Waals surface area contributed by atoms with Gasteiger partial charge in [0, 0.05) is 17.3 Å². The predicted octanol–water partition coefficient (Wildman–Crippen LogP) is 2.65. The number of halogens is 1. The zero-order chi connectivity index (χ0) is 15.5. The molecule has 0 N–H and O–H groups in total. The van der Waals surface area contributed by atoms with Crippen LogP contribution in [0.5, 0.6) is 0 Å². The number of hydrogen-bond donors (Lipinski definition) is 0. The molecule has 1 unspecified atom stereocenters. The van der Waals surface area contributed by atoms with Gasteiger partial charge >= 0.3 is 5.97 Å². The summed E-state index contributed by atoms with van der Waals surface area (Å²) in [6.07, 6.45) is 2.87. The van der Waals surface area contributed by atoms with Crippen LogP contribution in [-0.2, 0) is 18.5 Å². The van der Waals surface area contributed by atoms with Gasteiger partial charge in [0.2, 0.25) is 0 Å². The first-order valence-corrected chi connectivity index (χ1v) is 9.03. The number of benzene rings is 1. The van der Waals surface area contributed by atoms with E-state index in [2.05, 4.69) is 0 Å². The SMILES string of the molecule is Cc1ccc(C(=O)OCC2CCCCO2)cc1S(=O)(=O)Cl. The monoisotopic (exact) mass is 332 g/mol.